The van der Waals surface area contributed by atoms with Crippen LogP contribution < -0.4 is 10.2 Å². The number of piperazine rings is 1. The van der Waals surface area contributed by atoms with Crippen molar-refractivity contribution in [2.24, 2.45) is 10.9 Å². The highest BCUT2D eigenvalue weighted by Gasteiger charge is 2.32. The average Bonchev–Trinajstić information content (AvgIpc) is 3.01. The fourth-order valence-electron chi connectivity index (χ4n) is 5.05. The topological polar surface area (TPSA) is 131 Å². The maximum absolute atomic E-state index is 12.4. The highest BCUT2D eigenvalue weighted by molar-refractivity contribution is 7.89. The number of aromatic nitrogens is 3. The molecule has 0 spiro atoms. The third kappa shape index (κ3) is 5.88. The lowest BCUT2D eigenvalue weighted by Gasteiger charge is -2.44. The minimum atomic E-state index is -3.50. The summed E-state index contributed by atoms with van der Waals surface area (Å²) in [7, 11) is -0.484. The van der Waals surface area contributed by atoms with Gasteiger partial charge in [-0.15, -0.1) is 15.2 Å². The molecule has 0 amide bonds. The van der Waals surface area contributed by atoms with Gasteiger partial charge in [-0.25, -0.2) is 12.7 Å². The first-order chi connectivity index (χ1) is 20.2. The molecule has 1 N–H and O–H groups in total. The number of hydrogen-bond acceptors (Lipinski definition) is 8. The lowest BCUT2D eigenvalue weighted by molar-refractivity contribution is 0.224. The van der Waals surface area contributed by atoms with Crippen molar-refractivity contribution in [1.82, 2.24) is 24.4 Å². The van der Waals surface area contributed by atoms with Gasteiger partial charge in [-0.3, -0.25) is 4.98 Å². The molecule has 3 heterocycles. The Morgan fingerprint density at radius 3 is 2.50 bits per heavy atom. The molecule has 1 unspecified atom stereocenters. The van der Waals surface area contributed by atoms with Crippen LogP contribution in [0.3, 0.4) is 0 Å². The van der Waals surface area contributed by atoms with Crippen LogP contribution in [-0.2, 0) is 10.0 Å². The van der Waals surface area contributed by atoms with Crippen molar-refractivity contribution in [3.05, 3.63) is 72.9 Å². The predicted molar refractivity (Wildman–Crippen MR) is 164 cm³/mol. The SMILES string of the molecule is CC(C)C1CN(c2ccc(-c3ccc(S(=O)(=O)N(C)C)cc3)nn2)CCN1/C(=N\C#N)Nc1cccc2ncccc12. The van der Waals surface area contributed by atoms with Crippen LogP contribution in [0.5, 0.6) is 0 Å². The number of nitrogens with one attached hydrogen (secondary N) is 1. The first-order valence-corrected chi connectivity index (χ1v) is 15.1. The summed E-state index contributed by atoms with van der Waals surface area (Å²) < 4.78 is 25.9. The smallest absolute Gasteiger partial charge is 0.242 e. The molecule has 1 saturated heterocycles. The molecule has 1 aliphatic heterocycles. The van der Waals surface area contributed by atoms with Crippen molar-refractivity contribution < 1.29 is 8.42 Å². The van der Waals surface area contributed by atoms with E-state index >= 15 is 0 Å². The summed E-state index contributed by atoms with van der Waals surface area (Å²) >= 11 is 0. The monoisotopic (exact) mass is 583 g/mol. The van der Waals surface area contributed by atoms with Crippen LogP contribution in [-0.4, -0.2) is 78.5 Å². The zero-order valence-corrected chi connectivity index (χ0v) is 24.8. The van der Waals surface area contributed by atoms with Gasteiger partial charge in [-0.1, -0.05) is 32.0 Å². The summed E-state index contributed by atoms with van der Waals surface area (Å²) in [6, 6.07) is 20.3. The molecule has 0 aliphatic carbocycles. The van der Waals surface area contributed by atoms with Crippen LogP contribution in [0, 0.1) is 17.4 Å². The number of benzene rings is 2. The van der Waals surface area contributed by atoms with E-state index < -0.39 is 10.0 Å². The van der Waals surface area contributed by atoms with Gasteiger partial charge in [0.15, 0.2) is 5.82 Å². The highest BCUT2D eigenvalue weighted by Crippen LogP contribution is 2.27. The number of nitrogens with zero attached hydrogens (tertiary/aromatic N) is 8. The predicted octanol–water partition coefficient (Wildman–Crippen LogP) is 4.04. The Bertz CT molecular complexity index is 1730. The Hall–Kier alpha value is -4.60. The first-order valence-electron chi connectivity index (χ1n) is 13.6. The number of pyridine rings is 1. The maximum atomic E-state index is 12.4. The van der Waals surface area contributed by atoms with E-state index in [4.69, 9.17) is 0 Å². The number of guanidine groups is 1. The van der Waals surface area contributed by atoms with Crippen LogP contribution in [0.25, 0.3) is 22.2 Å². The van der Waals surface area contributed by atoms with Crippen molar-refractivity contribution in [3.8, 4) is 17.5 Å². The van der Waals surface area contributed by atoms with Gasteiger partial charge >= 0.3 is 0 Å². The minimum absolute atomic E-state index is 0.0547. The molecule has 4 aromatic rings. The van der Waals surface area contributed by atoms with E-state index in [0.29, 0.717) is 31.3 Å². The van der Waals surface area contributed by atoms with Crippen molar-refractivity contribution in [2.45, 2.75) is 24.8 Å². The number of fused-ring (bicyclic) bond motifs is 1. The number of aliphatic imine (C=N–C) groups is 1. The summed E-state index contributed by atoms with van der Waals surface area (Å²) in [4.78, 5) is 13.2. The summed E-state index contributed by atoms with van der Waals surface area (Å²) in [6.45, 7) is 6.28. The second-order valence-corrected chi connectivity index (χ2v) is 12.7. The van der Waals surface area contributed by atoms with Crippen LogP contribution in [0.1, 0.15) is 13.8 Å². The van der Waals surface area contributed by atoms with Crippen LogP contribution >= 0.6 is 0 Å². The first kappa shape index (κ1) is 28.9. The van der Waals surface area contributed by atoms with Gasteiger partial charge < -0.3 is 15.1 Å². The largest absolute Gasteiger partial charge is 0.351 e. The molecule has 1 fully saturated rings. The molecule has 216 valence electrons. The molecule has 5 rings (SSSR count). The second-order valence-electron chi connectivity index (χ2n) is 10.6. The molecule has 0 saturated carbocycles. The molecule has 42 heavy (non-hydrogen) atoms. The van der Waals surface area contributed by atoms with E-state index in [1.165, 1.54) is 18.4 Å². The van der Waals surface area contributed by atoms with Crippen molar-refractivity contribution in [3.63, 3.8) is 0 Å². The average molecular weight is 584 g/mol. The van der Waals surface area contributed by atoms with E-state index in [9.17, 15) is 13.7 Å². The molecule has 12 heteroatoms. The van der Waals surface area contributed by atoms with E-state index in [1.54, 1.807) is 30.5 Å². The van der Waals surface area contributed by atoms with E-state index in [0.717, 1.165) is 28.0 Å². The van der Waals surface area contributed by atoms with Crippen LogP contribution in [0.15, 0.2) is 82.8 Å². The Morgan fingerprint density at radius 1 is 1.05 bits per heavy atom. The summed E-state index contributed by atoms with van der Waals surface area (Å²) in [5.41, 5.74) is 3.14. The third-order valence-electron chi connectivity index (χ3n) is 7.41. The van der Waals surface area contributed by atoms with Crippen molar-refractivity contribution >= 4 is 38.4 Å². The number of nitriles is 1. The second kappa shape index (κ2) is 12.1. The van der Waals surface area contributed by atoms with Crippen molar-refractivity contribution in [2.75, 3.05) is 43.9 Å². The lowest BCUT2D eigenvalue weighted by Crippen LogP contribution is -2.58. The highest BCUT2D eigenvalue weighted by atomic mass is 32.2. The summed E-state index contributed by atoms with van der Waals surface area (Å²) in [5.74, 6) is 1.52. The molecule has 1 atom stereocenters. The lowest BCUT2D eigenvalue weighted by atomic mass is 9.99. The number of sulfonamides is 1. The van der Waals surface area contributed by atoms with Crippen LogP contribution in [0.2, 0.25) is 0 Å². The number of hydrogen-bond donors (Lipinski definition) is 1. The molecular formula is C30H33N9O2S. The molecule has 2 aromatic heterocycles. The molecule has 11 nitrogen and oxygen atoms in total. The Kier molecular flexibility index (Phi) is 8.33. The zero-order valence-electron chi connectivity index (χ0n) is 24.0. The normalized spacial score (nSPS) is 16.2. The van der Waals surface area contributed by atoms with Crippen molar-refractivity contribution in [1.29, 1.82) is 5.26 Å². The van der Waals surface area contributed by atoms with Gasteiger partial charge in [0.1, 0.15) is 0 Å². The van der Waals surface area contributed by atoms with Gasteiger partial charge in [0.05, 0.1) is 27.8 Å². The zero-order chi connectivity index (χ0) is 29.9. The van der Waals surface area contributed by atoms with E-state index in [2.05, 4.69) is 49.1 Å². The molecular weight excluding hydrogens is 550 g/mol. The minimum Gasteiger partial charge on any atom is -0.351 e. The Labute approximate surface area is 246 Å². The van der Waals surface area contributed by atoms with Gasteiger partial charge in [0.2, 0.25) is 22.2 Å². The molecule has 0 radical (unpaired) electrons. The van der Waals surface area contributed by atoms with E-state index in [1.807, 2.05) is 48.7 Å². The summed E-state index contributed by atoms with van der Waals surface area (Å²) in [5, 5.41) is 22.8. The number of rotatable bonds is 6. The van der Waals surface area contributed by atoms with Crippen LogP contribution in [0.4, 0.5) is 11.5 Å². The molecule has 0 bridgehead atoms. The standard InChI is InChI=1S/C30H33N9O2S/c1-21(2)28-19-38(29-15-14-25(35-36-29)22-10-12-23(13-11-22)42(40,41)37(3)4)17-18-39(28)30(33-20-31)34-27-9-5-8-26-24(27)7-6-16-32-26/h5-16,21,28H,17-19H2,1-4H3,(H,33,34). The van der Waals surface area contributed by atoms with Gasteiger partial charge in [-0.05, 0) is 54.4 Å². The molecule has 2 aromatic carbocycles. The molecule has 1 aliphatic rings. The third-order valence-corrected chi connectivity index (χ3v) is 9.24. The van der Waals surface area contributed by atoms with Gasteiger partial charge in [0, 0.05) is 50.9 Å². The quantitative estimate of drug-likeness (QED) is 0.203. The Balaban J connectivity index is 1.33. The number of anilines is 2. The Morgan fingerprint density at radius 2 is 1.83 bits per heavy atom. The maximum Gasteiger partial charge on any atom is 0.242 e. The van der Waals surface area contributed by atoms with Gasteiger partial charge in [-0.2, -0.15) is 5.26 Å². The van der Waals surface area contributed by atoms with Gasteiger partial charge in [0.25, 0.3) is 0 Å². The summed E-state index contributed by atoms with van der Waals surface area (Å²) in [6.07, 6.45) is 3.73. The van der Waals surface area contributed by atoms with E-state index in [-0.39, 0.29) is 16.9 Å². The fourth-order valence-corrected chi connectivity index (χ4v) is 5.95. The fraction of sp³-hybridized carbons (Fsp3) is 0.300.